The SMILES string of the molecule is CCCCCCCOc1ccc(C(=O)Oc2ccc(C[C@H](NC(=O)c3ccc(NC(=O)Cc4cccc(OC)c4OC)cc3)C(=O)O)cc2)cc1. The van der Waals surface area contributed by atoms with Crippen molar-refractivity contribution < 1.29 is 43.2 Å². The molecule has 0 aromatic heterocycles. The molecule has 11 nitrogen and oxygen atoms in total. The van der Waals surface area contributed by atoms with E-state index in [2.05, 4.69) is 17.6 Å². The fourth-order valence-corrected chi connectivity index (χ4v) is 5.30. The van der Waals surface area contributed by atoms with Crippen molar-refractivity contribution in [3.63, 3.8) is 0 Å². The summed E-state index contributed by atoms with van der Waals surface area (Å²) in [7, 11) is 3.02. The Balaban J connectivity index is 1.26. The van der Waals surface area contributed by atoms with Crippen LogP contribution in [0.5, 0.6) is 23.0 Å². The van der Waals surface area contributed by atoms with Gasteiger partial charge in [-0.1, -0.05) is 56.9 Å². The lowest BCUT2D eigenvalue weighted by Crippen LogP contribution is -2.42. The van der Waals surface area contributed by atoms with E-state index in [1.165, 1.54) is 45.6 Å². The number of para-hydroxylation sites is 1. The molecule has 4 aromatic carbocycles. The third-order valence-electron chi connectivity index (χ3n) is 8.05. The number of carbonyl (C=O) groups excluding carboxylic acids is 3. The lowest BCUT2D eigenvalue weighted by atomic mass is 10.0. The van der Waals surface area contributed by atoms with Crippen molar-refractivity contribution in [2.75, 3.05) is 26.1 Å². The summed E-state index contributed by atoms with van der Waals surface area (Å²) in [6.07, 6.45) is 5.78. The molecular weight excluding hydrogens is 652 g/mol. The number of ether oxygens (including phenoxy) is 4. The molecule has 11 heteroatoms. The van der Waals surface area contributed by atoms with Gasteiger partial charge in [0.15, 0.2) is 11.5 Å². The molecule has 0 saturated carbocycles. The van der Waals surface area contributed by atoms with Crippen LogP contribution in [0.3, 0.4) is 0 Å². The van der Waals surface area contributed by atoms with E-state index in [-0.39, 0.29) is 24.3 Å². The fraction of sp³-hybridized carbons (Fsp3) is 0.300. The summed E-state index contributed by atoms with van der Waals surface area (Å²) in [5.41, 5.74) is 2.31. The van der Waals surface area contributed by atoms with Crippen molar-refractivity contribution in [3.05, 3.63) is 113 Å². The standard InChI is InChI=1S/C40H44N2O9/c1-4-5-6-7-8-24-50-32-22-16-29(17-23-32)40(47)51-33-20-12-27(13-21-33)25-34(39(45)46)42-38(44)28-14-18-31(19-15-28)41-36(43)26-30-10-9-11-35(48-2)37(30)49-3/h9-23,34H,4-8,24-26H2,1-3H3,(H,41,43)(H,42,44)(H,45,46)/t34-/m0/s1. The van der Waals surface area contributed by atoms with Gasteiger partial charge in [0, 0.05) is 23.2 Å². The maximum Gasteiger partial charge on any atom is 0.343 e. The zero-order chi connectivity index (χ0) is 36.6. The van der Waals surface area contributed by atoms with Gasteiger partial charge < -0.3 is 34.7 Å². The second-order valence-electron chi connectivity index (χ2n) is 11.8. The first-order valence-corrected chi connectivity index (χ1v) is 16.9. The van der Waals surface area contributed by atoms with E-state index in [0.717, 1.165) is 12.8 Å². The number of benzene rings is 4. The van der Waals surface area contributed by atoms with Crippen LogP contribution in [0.2, 0.25) is 0 Å². The summed E-state index contributed by atoms with van der Waals surface area (Å²) < 4.78 is 21.9. The molecule has 0 radical (unpaired) electrons. The predicted molar refractivity (Wildman–Crippen MR) is 193 cm³/mol. The molecule has 3 N–H and O–H groups in total. The van der Waals surface area contributed by atoms with E-state index in [1.54, 1.807) is 78.9 Å². The normalized spacial score (nSPS) is 11.2. The molecule has 2 amide bonds. The molecule has 0 unspecified atom stereocenters. The summed E-state index contributed by atoms with van der Waals surface area (Å²) in [4.78, 5) is 50.3. The zero-order valence-electron chi connectivity index (χ0n) is 29.1. The van der Waals surface area contributed by atoms with E-state index in [1.807, 2.05) is 0 Å². The maximum absolute atomic E-state index is 12.9. The lowest BCUT2D eigenvalue weighted by Gasteiger charge is -2.15. The molecule has 51 heavy (non-hydrogen) atoms. The maximum atomic E-state index is 12.9. The van der Waals surface area contributed by atoms with Crippen LogP contribution in [0, 0.1) is 0 Å². The van der Waals surface area contributed by atoms with Gasteiger partial charge in [0.05, 0.1) is 32.8 Å². The number of amides is 2. The number of aliphatic carboxylic acids is 1. The van der Waals surface area contributed by atoms with Crippen molar-refractivity contribution >= 4 is 29.4 Å². The van der Waals surface area contributed by atoms with Gasteiger partial charge in [-0.3, -0.25) is 9.59 Å². The molecule has 0 spiro atoms. The first-order chi connectivity index (χ1) is 24.7. The third kappa shape index (κ3) is 11.6. The van der Waals surface area contributed by atoms with Crippen LogP contribution in [0.15, 0.2) is 91.0 Å². The number of rotatable bonds is 19. The van der Waals surface area contributed by atoms with Crippen molar-refractivity contribution in [1.82, 2.24) is 5.32 Å². The molecule has 4 aromatic rings. The summed E-state index contributed by atoms with van der Waals surface area (Å²) in [5, 5.41) is 15.1. The summed E-state index contributed by atoms with van der Waals surface area (Å²) in [5.74, 6) is -0.656. The topological polar surface area (TPSA) is 149 Å². The Kier molecular flexibility index (Phi) is 14.4. The van der Waals surface area contributed by atoms with Crippen molar-refractivity contribution in [2.24, 2.45) is 0 Å². The van der Waals surface area contributed by atoms with Crippen LogP contribution in [-0.2, 0) is 22.4 Å². The highest BCUT2D eigenvalue weighted by Crippen LogP contribution is 2.31. The third-order valence-corrected chi connectivity index (χ3v) is 8.05. The number of esters is 1. The van der Waals surface area contributed by atoms with Crippen LogP contribution in [-0.4, -0.2) is 55.7 Å². The minimum Gasteiger partial charge on any atom is -0.494 e. The van der Waals surface area contributed by atoms with Crippen molar-refractivity contribution in [3.8, 4) is 23.0 Å². The summed E-state index contributed by atoms with van der Waals surface area (Å²) in [6, 6.07) is 23.4. The van der Waals surface area contributed by atoms with Gasteiger partial charge in [0.1, 0.15) is 17.5 Å². The second-order valence-corrected chi connectivity index (χ2v) is 11.8. The molecule has 0 heterocycles. The van der Waals surface area contributed by atoms with Crippen LogP contribution >= 0.6 is 0 Å². The van der Waals surface area contributed by atoms with Gasteiger partial charge in [0.25, 0.3) is 5.91 Å². The lowest BCUT2D eigenvalue weighted by molar-refractivity contribution is -0.139. The Morgan fingerprint density at radius 1 is 0.745 bits per heavy atom. The predicted octanol–water partition coefficient (Wildman–Crippen LogP) is 6.88. The van der Waals surface area contributed by atoms with Gasteiger partial charge in [-0.2, -0.15) is 0 Å². The number of carboxylic acid groups (broad SMARTS) is 1. The average Bonchev–Trinajstić information content (AvgIpc) is 3.13. The van der Waals surface area contributed by atoms with Crippen LogP contribution in [0.4, 0.5) is 5.69 Å². The molecular formula is C40H44N2O9. The van der Waals surface area contributed by atoms with E-state index in [9.17, 15) is 24.3 Å². The Morgan fingerprint density at radius 3 is 2.06 bits per heavy atom. The smallest absolute Gasteiger partial charge is 0.343 e. The second kappa shape index (κ2) is 19.4. The first-order valence-electron chi connectivity index (χ1n) is 16.9. The highest BCUT2D eigenvalue weighted by atomic mass is 16.5. The Morgan fingerprint density at radius 2 is 1.41 bits per heavy atom. The molecule has 0 aliphatic rings. The highest BCUT2D eigenvalue weighted by Gasteiger charge is 2.22. The van der Waals surface area contributed by atoms with E-state index >= 15 is 0 Å². The monoisotopic (exact) mass is 696 g/mol. The number of unbranched alkanes of at least 4 members (excludes halogenated alkanes) is 4. The van der Waals surface area contributed by atoms with Crippen LogP contribution in [0.1, 0.15) is 70.9 Å². The zero-order valence-corrected chi connectivity index (χ0v) is 29.1. The fourth-order valence-electron chi connectivity index (χ4n) is 5.30. The van der Waals surface area contributed by atoms with Gasteiger partial charge in [-0.25, -0.2) is 9.59 Å². The highest BCUT2D eigenvalue weighted by molar-refractivity contribution is 5.98. The van der Waals surface area contributed by atoms with Crippen LogP contribution < -0.4 is 29.6 Å². The first kappa shape index (κ1) is 38.0. The van der Waals surface area contributed by atoms with Gasteiger partial charge in [0.2, 0.25) is 5.91 Å². The van der Waals surface area contributed by atoms with E-state index in [4.69, 9.17) is 18.9 Å². The number of hydrogen-bond donors (Lipinski definition) is 3. The number of carbonyl (C=O) groups is 4. The Hall–Kier alpha value is -5.84. The minimum absolute atomic E-state index is 0.00274. The molecule has 268 valence electrons. The molecule has 0 saturated heterocycles. The van der Waals surface area contributed by atoms with Crippen LogP contribution in [0.25, 0.3) is 0 Å². The number of nitrogens with one attached hydrogen (secondary N) is 2. The molecule has 0 fully saturated rings. The molecule has 0 aliphatic carbocycles. The summed E-state index contributed by atoms with van der Waals surface area (Å²) >= 11 is 0. The largest absolute Gasteiger partial charge is 0.494 e. The minimum atomic E-state index is -1.22. The summed E-state index contributed by atoms with van der Waals surface area (Å²) in [6.45, 7) is 2.81. The van der Waals surface area contributed by atoms with Gasteiger partial charge >= 0.3 is 11.9 Å². The van der Waals surface area contributed by atoms with E-state index < -0.39 is 23.9 Å². The Bertz CT molecular complexity index is 1750. The number of carboxylic acids is 1. The van der Waals surface area contributed by atoms with Crippen molar-refractivity contribution in [2.45, 2.75) is 57.9 Å². The van der Waals surface area contributed by atoms with Gasteiger partial charge in [-0.15, -0.1) is 0 Å². The van der Waals surface area contributed by atoms with Gasteiger partial charge in [-0.05, 0) is 78.7 Å². The number of methoxy groups -OCH3 is 2. The molecule has 0 bridgehead atoms. The Labute approximate surface area is 297 Å². The molecule has 4 rings (SSSR count). The molecule has 0 aliphatic heterocycles. The number of hydrogen-bond acceptors (Lipinski definition) is 8. The molecule has 1 atom stereocenters. The quantitative estimate of drug-likeness (QED) is 0.0542. The average molecular weight is 697 g/mol. The number of anilines is 1. The van der Waals surface area contributed by atoms with E-state index in [0.29, 0.717) is 52.0 Å². The van der Waals surface area contributed by atoms with Crippen molar-refractivity contribution in [1.29, 1.82) is 0 Å².